The van der Waals surface area contributed by atoms with Crippen molar-refractivity contribution in [3.8, 4) is 0 Å². The molecule has 5 heteroatoms. The molecular weight excluding hydrogens is 260 g/mol. The zero-order valence-corrected chi connectivity index (χ0v) is 14.5. The minimum Gasteiger partial charge on any atom is -0.431 e. The molecule has 17 heavy (non-hydrogen) atoms. The zero-order valence-electron chi connectivity index (χ0n) is 11.5. The van der Waals surface area contributed by atoms with Crippen molar-refractivity contribution in [1.29, 1.82) is 0 Å². The van der Waals surface area contributed by atoms with Crippen LogP contribution in [0.25, 0.3) is 0 Å². The maximum Gasteiger partial charge on any atom is 0.370 e. The summed E-state index contributed by atoms with van der Waals surface area (Å²) in [7, 11) is -6.39. The monoisotopic (exact) mass is 284 g/mol. The van der Waals surface area contributed by atoms with Gasteiger partial charge in [-0.15, -0.1) is 26.3 Å². The van der Waals surface area contributed by atoms with Crippen molar-refractivity contribution in [2.75, 3.05) is 0 Å². The quantitative estimate of drug-likeness (QED) is 0.632. The van der Waals surface area contributed by atoms with Gasteiger partial charge in [-0.05, 0) is 37.6 Å². The van der Waals surface area contributed by atoms with Crippen molar-refractivity contribution in [2.24, 2.45) is 0 Å². The van der Waals surface area contributed by atoms with Gasteiger partial charge in [-0.1, -0.05) is 11.4 Å². The molecule has 96 valence electrons. The summed E-state index contributed by atoms with van der Waals surface area (Å²) in [5.74, 6) is 0. The molecule has 0 fully saturated rings. The molecule has 0 aliphatic rings. The second-order valence-electron chi connectivity index (χ2n) is 5.04. The van der Waals surface area contributed by atoms with E-state index in [1.165, 1.54) is 0 Å². The molecule has 0 aromatic rings. The fourth-order valence-corrected chi connectivity index (χ4v) is 10.7. The zero-order chi connectivity index (χ0) is 13.7. The maximum absolute atomic E-state index is 6.22. The van der Waals surface area contributed by atoms with Gasteiger partial charge in [-0.3, -0.25) is 0 Å². The second-order valence-corrected chi connectivity index (χ2v) is 16.3. The molecule has 0 unspecified atom stereocenters. The van der Waals surface area contributed by atoms with E-state index in [4.69, 9.17) is 8.23 Å². The Morgan fingerprint density at radius 1 is 0.706 bits per heavy atom. The summed E-state index contributed by atoms with van der Waals surface area (Å²) in [5, 5.41) is 0. The van der Waals surface area contributed by atoms with Crippen LogP contribution in [0.15, 0.2) is 49.1 Å². The number of hydrogen-bond donors (Lipinski definition) is 0. The van der Waals surface area contributed by atoms with Crippen molar-refractivity contribution in [3.63, 3.8) is 0 Å². The average molecular weight is 285 g/mol. The van der Waals surface area contributed by atoms with Gasteiger partial charge in [-0.2, -0.15) is 0 Å². The third-order valence-corrected chi connectivity index (χ3v) is 11.7. The predicted molar refractivity (Wildman–Crippen MR) is 83.7 cm³/mol. The molecule has 0 bridgehead atoms. The van der Waals surface area contributed by atoms with E-state index in [9.17, 15) is 0 Å². The van der Waals surface area contributed by atoms with E-state index in [1.54, 1.807) is 11.4 Å². The first kappa shape index (κ1) is 16.5. The predicted octanol–water partition coefficient (Wildman–Crippen LogP) is 3.77. The van der Waals surface area contributed by atoms with Gasteiger partial charge in [0, 0.05) is 0 Å². The summed E-state index contributed by atoms with van der Waals surface area (Å²) in [6, 6.07) is 0. The molecule has 0 radical (unpaired) electrons. The van der Waals surface area contributed by atoms with Gasteiger partial charge in [0.2, 0.25) is 8.32 Å². The Balaban J connectivity index is 5.22. The summed E-state index contributed by atoms with van der Waals surface area (Å²) in [4.78, 5) is 0. The topological polar surface area (TPSA) is 18.5 Å². The van der Waals surface area contributed by atoms with Crippen LogP contribution < -0.4 is 0 Å². The molecule has 0 aliphatic carbocycles. The van der Waals surface area contributed by atoms with Crippen LogP contribution in [-0.4, -0.2) is 25.2 Å². The lowest BCUT2D eigenvalue weighted by Gasteiger charge is -2.36. The maximum atomic E-state index is 6.22. The van der Waals surface area contributed by atoms with Crippen LogP contribution in [0.5, 0.6) is 0 Å². The molecule has 0 atom stereocenters. The summed E-state index contributed by atoms with van der Waals surface area (Å²) < 4.78 is 12.4. The molecule has 0 N–H and O–H groups in total. The molecule has 0 saturated heterocycles. The Morgan fingerprint density at radius 3 is 1.35 bits per heavy atom. The molecule has 0 aromatic heterocycles. The van der Waals surface area contributed by atoms with Crippen LogP contribution in [0, 0.1) is 0 Å². The van der Waals surface area contributed by atoms with Gasteiger partial charge in [0.1, 0.15) is 0 Å². The van der Waals surface area contributed by atoms with Gasteiger partial charge < -0.3 is 8.23 Å². The molecule has 0 heterocycles. The van der Waals surface area contributed by atoms with Crippen molar-refractivity contribution in [1.82, 2.24) is 0 Å². The van der Waals surface area contributed by atoms with E-state index in [1.807, 2.05) is 17.9 Å². The molecule has 0 amide bonds. The van der Waals surface area contributed by atoms with Crippen LogP contribution in [-0.2, 0) is 8.23 Å². The molecule has 0 aromatic carbocycles. The first-order valence-electron chi connectivity index (χ1n) is 5.60. The Morgan fingerprint density at radius 2 is 1.12 bits per heavy atom. The highest BCUT2D eigenvalue weighted by atomic mass is 28.5. The highest BCUT2D eigenvalue weighted by Gasteiger charge is 2.41. The Hall–Kier alpha value is -0.469. The highest BCUT2D eigenvalue weighted by Crippen LogP contribution is 2.23. The van der Waals surface area contributed by atoms with Gasteiger partial charge in [-0.25, -0.2) is 0 Å². The summed E-state index contributed by atoms with van der Waals surface area (Å²) in [5.41, 5.74) is 7.28. The Kier molecular flexibility index (Phi) is 5.76. The third-order valence-electron chi connectivity index (χ3n) is 2.22. The molecule has 0 saturated carbocycles. The molecule has 0 spiro atoms. The number of rotatable bonds is 8. The van der Waals surface area contributed by atoms with Gasteiger partial charge in [0.15, 0.2) is 8.32 Å². The second kappa shape index (κ2) is 5.92. The third kappa shape index (κ3) is 5.14. The highest BCUT2D eigenvalue weighted by molar-refractivity contribution is 6.96. The fourth-order valence-electron chi connectivity index (χ4n) is 1.26. The molecule has 0 aliphatic heterocycles. The van der Waals surface area contributed by atoms with Crippen molar-refractivity contribution in [2.45, 2.75) is 26.2 Å². The largest absolute Gasteiger partial charge is 0.431 e. The lowest BCUT2D eigenvalue weighted by molar-refractivity contribution is 0.415. The lowest BCUT2D eigenvalue weighted by atomic mass is 11.2. The normalized spacial score (nSPS) is 12.9. The SMILES string of the molecule is C=C[Si](C)(C=C)O[Si](C=C)(C=C)O[Si](C)(C)C. The minimum absolute atomic E-state index is 1.71. The Bertz CT molecular complexity index is 302. The minimum atomic E-state index is -2.55. The first-order chi connectivity index (χ1) is 7.66. The van der Waals surface area contributed by atoms with Crippen LogP contribution >= 0.6 is 0 Å². The molecule has 2 nitrogen and oxygen atoms in total. The van der Waals surface area contributed by atoms with Crippen molar-refractivity contribution in [3.05, 3.63) is 49.1 Å². The van der Waals surface area contributed by atoms with Crippen LogP contribution in [0.3, 0.4) is 0 Å². The summed E-state index contributed by atoms with van der Waals surface area (Å²) >= 11 is 0. The number of hydrogen-bond acceptors (Lipinski definition) is 2. The van der Waals surface area contributed by atoms with E-state index in [0.29, 0.717) is 0 Å². The van der Waals surface area contributed by atoms with E-state index in [0.717, 1.165) is 0 Å². The fraction of sp³-hybridized carbons (Fsp3) is 0.333. The van der Waals surface area contributed by atoms with Crippen molar-refractivity contribution >= 4 is 25.2 Å². The standard InChI is InChI=1S/C12H24O2Si3/c1-9-16(8,10-2)14-17(11-3,12-4)13-15(5,6)7/h9-12H,1-4H2,5-8H3. The molecular formula is C12H24O2Si3. The van der Waals surface area contributed by atoms with Crippen LogP contribution in [0.4, 0.5) is 0 Å². The van der Waals surface area contributed by atoms with E-state index in [-0.39, 0.29) is 0 Å². The van der Waals surface area contributed by atoms with Crippen LogP contribution in [0.1, 0.15) is 0 Å². The Labute approximate surface area is 109 Å². The summed E-state index contributed by atoms with van der Waals surface area (Å²) in [6.07, 6.45) is 0. The van der Waals surface area contributed by atoms with Gasteiger partial charge >= 0.3 is 8.56 Å². The van der Waals surface area contributed by atoms with Crippen molar-refractivity contribution < 1.29 is 8.23 Å². The van der Waals surface area contributed by atoms with Gasteiger partial charge in [0.05, 0.1) is 0 Å². The van der Waals surface area contributed by atoms with E-state index < -0.39 is 25.2 Å². The average Bonchev–Trinajstić information content (AvgIpc) is 2.26. The lowest BCUT2D eigenvalue weighted by Crippen LogP contribution is -2.53. The molecule has 0 rings (SSSR count). The summed E-state index contributed by atoms with van der Waals surface area (Å²) in [6.45, 7) is 23.8. The van der Waals surface area contributed by atoms with E-state index >= 15 is 0 Å². The van der Waals surface area contributed by atoms with Gasteiger partial charge in [0.25, 0.3) is 0 Å². The first-order valence-corrected chi connectivity index (χ1v) is 13.5. The van der Waals surface area contributed by atoms with E-state index in [2.05, 4.69) is 46.0 Å². The smallest absolute Gasteiger partial charge is 0.370 e. The van der Waals surface area contributed by atoms with Crippen LogP contribution in [0.2, 0.25) is 26.2 Å².